The minimum atomic E-state index is -0.430. The molecule has 8 heavy (non-hydrogen) atoms. The van der Waals surface area contributed by atoms with E-state index in [-0.39, 0.29) is 5.88 Å². The molecule has 0 radical (unpaired) electrons. The number of rotatable bonds is 3. The SMILES string of the molecule is C/N=C/C[C@@H](O)CCl. The minimum absolute atomic E-state index is 0.284. The fourth-order valence-corrected chi connectivity index (χ4v) is 0.416. The molecular formula is C5H10ClNO. The second-order valence-corrected chi connectivity index (χ2v) is 1.79. The molecule has 0 unspecified atom stereocenters. The number of hydrogen-bond acceptors (Lipinski definition) is 2. The molecule has 0 aromatic rings. The lowest BCUT2D eigenvalue weighted by molar-refractivity contribution is 0.207. The van der Waals surface area contributed by atoms with Crippen molar-refractivity contribution in [1.82, 2.24) is 0 Å². The van der Waals surface area contributed by atoms with Crippen molar-refractivity contribution in [2.45, 2.75) is 12.5 Å². The molecule has 1 atom stereocenters. The van der Waals surface area contributed by atoms with Crippen LogP contribution in [-0.2, 0) is 0 Å². The van der Waals surface area contributed by atoms with Crippen molar-refractivity contribution in [3.05, 3.63) is 0 Å². The van der Waals surface area contributed by atoms with Gasteiger partial charge in [0, 0.05) is 25.6 Å². The van der Waals surface area contributed by atoms with Gasteiger partial charge in [0.15, 0.2) is 0 Å². The van der Waals surface area contributed by atoms with Crippen molar-refractivity contribution < 1.29 is 5.11 Å². The maximum absolute atomic E-state index is 8.77. The van der Waals surface area contributed by atoms with E-state index in [1.807, 2.05) is 0 Å². The highest BCUT2D eigenvalue weighted by atomic mass is 35.5. The minimum Gasteiger partial charge on any atom is -0.392 e. The Morgan fingerprint density at radius 1 is 1.88 bits per heavy atom. The van der Waals surface area contributed by atoms with Crippen LogP contribution >= 0.6 is 11.6 Å². The van der Waals surface area contributed by atoms with E-state index in [0.717, 1.165) is 0 Å². The number of aliphatic hydroxyl groups excluding tert-OH is 1. The van der Waals surface area contributed by atoms with E-state index < -0.39 is 6.10 Å². The lowest BCUT2D eigenvalue weighted by Gasteiger charge is -1.98. The Morgan fingerprint density at radius 2 is 2.50 bits per heavy atom. The van der Waals surface area contributed by atoms with Crippen LogP contribution in [0.25, 0.3) is 0 Å². The molecule has 0 aliphatic heterocycles. The highest BCUT2D eigenvalue weighted by Crippen LogP contribution is 1.90. The fourth-order valence-electron chi connectivity index (χ4n) is 0.290. The molecule has 2 nitrogen and oxygen atoms in total. The Hall–Kier alpha value is -0.0800. The molecule has 0 heterocycles. The third kappa shape index (κ3) is 4.09. The van der Waals surface area contributed by atoms with Gasteiger partial charge in [0.2, 0.25) is 0 Å². The molecular weight excluding hydrogens is 126 g/mol. The first-order valence-electron chi connectivity index (χ1n) is 2.46. The van der Waals surface area contributed by atoms with Crippen molar-refractivity contribution in [2.75, 3.05) is 12.9 Å². The average molecular weight is 136 g/mol. The first kappa shape index (κ1) is 7.92. The van der Waals surface area contributed by atoms with Gasteiger partial charge < -0.3 is 10.1 Å². The summed E-state index contributed by atoms with van der Waals surface area (Å²) in [5.41, 5.74) is 0. The monoisotopic (exact) mass is 135 g/mol. The third-order valence-electron chi connectivity index (χ3n) is 0.738. The van der Waals surface area contributed by atoms with E-state index in [1.54, 1.807) is 13.3 Å². The van der Waals surface area contributed by atoms with Crippen LogP contribution < -0.4 is 0 Å². The predicted molar refractivity (Wildman–Crippen MR) is 35.8 cm³/mol. The molecule has 0 aromatic heterocycles. The first-order chi connectivity index (χ1) is 3.81. The highest BCUT2D eigenvalue weighted by Gasteiger charge is 1.95. The summed E-state index contributed by atoms with van der Waals surface area (Å²) in [6, 6.07) is 0. The molecule has 48 valence electrons. The van der Waals surface area contributed by atoms with E-state index in [2.05, 4.69) is 4.99 Å². The van der Waals surface area contributed by atoms with E-state index in [0.29, 0.717) is 6.42 Å². The van der Waals surface area contributed by atoms with Gasteiger partial charge >= 0.3 is 0 Å². The third-order valence-corrected chi connectivity index (χ3v) is 1.09. The van der Waals surface area contributed by atoms with Gasteiger partial charge in [-0.05, 0) is 0 Å². The fraction of sp³-hybridized carbons (Fsp3) is 0.800. The molecule has 0 aromatic carbocycles. The van der Waals surface area contributed by atoms with Crippen LogP contribution in [-0.4, -0.2) is 30.4 Å². The molecule has 0 spiro atoms. The smallest absolute Gasteiger partial charge is 0.0724 e. The van der Waals surface area contributed by atoms with Crippen molar-refractivity contribution in [1.29, 1.82) is 0 Å². The average Bonchev–Trinajstić information content (AvgIpc) is 1.83. The Kier molecular flexibility index (Phi) is 5.01. The molecule has 0 aliphatic carbocycles. The van der Waals surface area contributed by atoms with E-state index in [4.69, 9.17) is 16.7 Å². The standard InChI is InChI=1S/C5H10ClNO/c1-7-3-2-5(8)4-6/h3,5,8H,2,4H2,1H3/b7-3+/t5-/m1/s1. The van der Waals surface area contributed by atoms with Gasteiger partial charge in [-0.15, -0.1) is 11.6 Å². The Balaban J connectivity index is 3.10. The zero-order valence-corrected chi connectivity index (χ0v) is 5.60. The Bertz CT molecular complexity index is 74.8. The maximum atomic E-state index is 8.77. The second-order valence-electron chi connectivity index (χ2n) is 1.48. The molecule has 0 saturated carbocycles. The first-order valence-corrected chi connectivity index (χ1v) is 2.99. The van der Waals surface area contributed by atoms with Gasteiger partial charge in [-0.3, -0.25) is 0 Å². The number of halogens is 1. The summed E-state index contributed by atoms with van der Waals surface area (Å²) < 4.78 is 0. The number of aliphatic hydroxyl groups is 1. The summed E-state index contributed by atoms with van der Waals surface area (Å²) >= 11 is 5.28. The van der Waals surface area contributed by atoms with Gasteiger partial charge in [0.1, 0.15) is 0 Å². The van der Waals surface area contributed by atoms with E-state index in [9.17, 15) is 0 Å². The van der Waals surface area contributed by atoms with Crippen LogP contribution in [0.15, 0.2) is 4.99 Å². The normalized spacial score (nSPS) is 14.9. The molecule has 0 fully saturated rings. The Labute approximate surface area is 54.2 Å². The summed E-state index contributed by atoms with van der Waals surface area (Å²) in [5, 5.41) is 8.77. The maximum Gasteiger partial charge on any atom is 0.0724 e. The van der Waals surface area contributed by atoms with Gasteiger partial charge in [0.25, 0.3) is 0 Å². The van der Waals surface area contributed by atoms with Crippen molar-refractivity contribution in [3.8, 4) is 0 Å². The van der Waals surface area contributed by atoms with Crippen LogP contribution in [0.5, 0.6) is 0 Å². The van der Waals surface area contributed by atoms with E-state index in [1.165, 1.54) is 0 Å². The molecule has 0 saturated heterocycles. The Morgan fingerprint density at radius 3 is 2.88 bits per heavy atom. The quantitative estimate of drug-likeness (QED) is 0.448. The molecule has 0 aliphatic rings. The van der Waals surface area contributed by atoms with Crippen molar-refractivity contribution >= 4 is 17.8 Å². The zero-order valence-electron chi connectivity index (χ0n) is 4.84. The van der Waals surface area contributed by atoms with Gasteiger partial charge in [0.05, 0.1) is 6.10 Å². The summed E-state index contributed by atoms with van der Waals surface area (Å²) in [5.74, 6) is 0.284. The molecule has 0 bridgehead atoms. The van der Waals surface area contributed by atoms with Gasteiger partial charge in [-0.25, -0.2) is 0 Å². The van der Waals surface area contributed by atoms with Crippen LogP contribution in [0.1, 0.15) is 6.42 Å². The number of aliphatic imine (C=N–C) groups is 1. The topological polar surface area (TPSA) is 32.6 Å². The number of alkyl halides is 1. The highest BCUT2D eigenvalue weighted by molar-refractivity contribution is 6.18. The lowest BCUT2D eigenvalue weighted by Crippen LogP contribution is -2.07. The summed E-state index contributed by atoms with van der Waals surface area (Å²) in [6.45, 7) is 0. The predicted octanol–water partition coefficient (Wildman–Crippen LogP) is 0.677. The van der Waals surface area contributed by atoms with Crippen LogP contribution in [0.3, 0.4) is 0 Å². The number of hydrogen-bond donors (Lipinski definition) is 1. The second kappa shape index (κ2) is 5.06. The van der Waals surface area contributed by atoms with Crippen molar-refractivity contribution in [3.63, 3.8) is 0 Å². The molecule has 1 N–H and O–H groups in total. The molecule has 3 heteroatoms. The summed E-state index contributed by atoms with van der Waals surface area (Å²) in [7, 11) is 1.67. The zero-order chi connectivity index (χ0) is 6.41. The van der Waals surface area contributed by atoms with Crippen LogP contribution in [0.4, 0.5) is 0 Å². The van der Waals surface area contributed by atoms with Gasteiger partial charge in [-0.1, -0.05) is 0 Å². The number of nitrogens with zero attached hydrogens (tertiary/aromatic N) is 1. The summed E-state index contributed by atoms with van der Waals surface area (Å²) in [4.78, 5) is 3.68. The largest absolute Gasteiger partial charge is 0.392 e. The van der Waals surface area contributed by atoms with E-state index >= 15 is 0 Å². The van der Waals surface area contributed by atoms with Crippen molar-refractivity contribution in [2.24, 2.45) is 4.99 Å². The summed E-state index contributed by atoms with van der Waals surface area (Å²) in [6.07, 6.45) is 1.77. The molecule has 0 amide bonds. The molecule has 0 rings (SSSR count). The van der Waals surface area contributed by atoms with Crippen LogP contribution in [0, 0.1) is 0 Å². The lowest BCUT2D eigenvalue weighted by atomic mass is 10.3. The van der Waals surface area contributed by atoms with Gasteiger partial charge in [-0.2, -0.15) is 0 Å². The van der Waals surface area contributed by atoms with Crippen LogP contribution in [0.2, 0.25) is 0 Å².